The summed E-state index contributed by atoms with van der Waals surface area (Å²) in [4.78, 5) is 0. The molecule has 2 unspecified atom stereocenters. The molecule has 0 radical (unpaired) electrons. The third kappa shape index (κ3) is 6.23. The third-order valence-electron chi connectivity index (χ3n) is 5.58. The van der Waals surface area contributed by atoms with Crippen molar-refractivity contribution in [1.29, 1.82) is 0 Å². The van der Waals surface area contributed by atoms with Gasteiger partial charge >= 0.3 is 0 Å². The Bertz CT molecular complexity index is 1070. The van der Waals surface area contributed by atoms with E-state index in [9.17, 15) is 0 Å². The van der Waals surface area contributed by atoms with Crippen LogP contribution in [0.3, 0.4) is 0 Å². The zero-order chi connectivity index (χ0) is 22.9. The molecule has 4 rings (SSSR count). The quantitative estimate of drug-likeness (QED) is 0.188. The Kier molecular flexibility index (Phi) is 8.53. The molecule has 0 saturated heterocycles. The Morgan fingerprint density at radius 2 is 0.970 bits per heavy atom. The zero-order valence-corrected chi connectivity index (χ0v) is 21.2. The van der Waals surface area contributed by atoms with Crippen molar-refractivity contribution >= 4 is 27.8 Å². The average molecular weight is 473 g/mol. The summed E-state index contributed by atoms with van der Waals surface area (Å²) < 4.78 is 11.2. The van der Waals surface area contributed by atoms with Gasteiger partial charge in [0.25, 0.3) is 0 Å². The molecular formula is C29H30O2P2. The first kappa shape index (κ1) is 23.5. The highest BCUT2D eigenvalue weighted by molar-refractivity contribution is 7.48. The molecule has 0 N–H and O–H groups in total. The Labute approximate surface area is 200 Å². The maximum absolute atomic E-state index is 5.60. The maximum atomic E-state index is 5.60. The van der Waals surface area contributed by atoms with Crippen molar-refractivity contribution in [3.8, 4) is 33.8 Å². The van der Waals surface area contributed by atoms with Crippen LogP contribution in [-0.4, -0.2) is 26.5 Å². The molecule has 0 spiro atoms. The topological polar surface area (TPSA) is 18.5 Å². The van der Waals surface area contributed by atoms with Crippen molar-refractivity contribution in [1.82, 2.24) is 0 Å². The van der Waals surface area contributed by atoms with Crippen molar-refractivity contribution in [3.63, 3.8) is 0 Å². The van der Waals surface area contributed by atoms with Crippen LogP contribution >= 0.6 is 17.2 Å². The molecule has 0 aliphatic rings. The lowest BCUT2D eigenvalue weighted by Gasteiger charge is -2.12. The highest BCUT2D eigenvalue weighted by Gasteiger charge is 2.08. The second-order valence-corrected chi connectivity index (χ2v) is 10.6. The fourth-order valence-corrected chi connectivity index (χ4v) is 6.41. The van der Waals surface area contributed by atoms with E-state index in [1.54, 1.807) is 14.2 Å². The van der Waals surface area contributed by atoms with Crippen molar-refractivity contribution in [2.45, 2.75) is 6.42 Å². The van der Waals surface area contributed by atoms with Gasteiger partial charge in [-0.25, -0.2) is 0 Å². The summed E-state index contributed by atoms with van der Waals surface area (Å²) in [7, 11) is 5.11. The minimum Gasteiger partial charge on any atom is -0.496 e. The normalized spacial score (nSPS) is 11.5. The lowest BCUT2D eigenvalue weighted by molar-refractivity contribution is 0.416. The molecule has 0 aromatic heterocycles. The van der Waals surface area contributed by atoms with Gasteiger partial charge < -0.3 is 9.47 Å². The highest BCUT2D eigenvalue weighted by Crippen LogP contribution is 2.32. The van der Waals surface area contributed by atoms with Crippen LogP contribution in [-0.2, 0) is 0 Å². The molecule has 0 fully saturated rings. The summed E-state index contributed by atoms with van der Waals surface area (Å²) in [5, 5.41) is 2.79. The summed E-state index contributed by atoms with van der Waals surface area (Å²) in [6, 6.07) is 34.2. The molecule has 0 aliphatic carbocycles. The average Bonchev–Trinajstić information content (AvgIpc) is 2.89. The van der Waals surface area contributed by atoms with Gasteiger partial charge in [-0.15, -0.1) is 0 Å². The van der Waals surface area contributed by atoms with Crippen molar-refractivity contribution < 1.29 is 9.47 Å². The summed E-state index contributed by atoms with van der Waals surface area (Å²) in [6.45, 7) is 0. The molecule has 0 aliphatic heterocycles. The number of ether oxygens (including phenoxy) is 2. The van der Waals surface area contributed by atoms with Gasteiger partial charge in [0.2, 0.25) is 0 Å². The monoisotopic (exact) mass is 472 g/mol. The summed E-state index contributed by atoms with van der Waals surface area (Å²) in [6.07, 6.45) is 3.67. The van der Waals surface area contributed by atoms with Gasteiger partial charge in [-0.1, -0.05) is 90.0 Å². The SMILES string of the molecule is COc1ccc(PCCCPc2ccc(OC)c(-c3ccccc3)c2)cc1-c1ccccc1. The lowest BCUT2D eigenvalue weighted by atomic mass is 10.1. The number of methoxy groups -OCH3 is 2. The summed E-state index contributed by atoms with van der Waals surface area (Å²) >= 11 is 0. The molecule has 4 aromatic carbocycles. The standard InChI is InChI=1S/C29H30O2P2/c1-30-28-16-14-24(20-26(28)22-10-5-3-6-11-22)32-18-9-19-33-25-15-17-29(31-2)27(21-25)23-12-7-4-8-13-23/h3-8,10-17,20-21,32-33H,9,18-19H2,1-2H3. The molecule has 0 heterocycles. The minimum absolute atomic E-state index is 0.813. The lowest BCUT2D eigenvalue weighted by Crippen LogP contribution is -2.01. The highest BCUT2D eigenvalue weighted by atomic mass is 31.1. The van der Waals surface area contributed by atoms with Crippen LogP contribution in [0.15, 0.2) is 97.1 Å². The molecule has 0 bridgehead atoms. The van der Waals surface area contributed by atoms with Crippen LogP contribution < -0.4 is 20.1 Å². The van der Waals surface area contributed by atoms with Gasteiger partial charge in [-0.3, -0.25) is 0 Å². The van der Waals surface area contributed by atoms with Crippen molar-refractivity contribution in [2.24, 2.45) is 0 Å². The molecule has 168 valence electrons. The smallest absolute Gasteiger partial charge is 0.126 e. The van der Waals surface area contributed by atoms with Gasteiger partial charge in [-0.05, 0) is 64.7 Å². The van der Waals surface area contributed by atoms with E-state index in [4.69, 9.17) is 9.47 Å². The molecule has 33 heavy (non-hydrogen) atoms. The van der Waals surface area contributed by atoms with Gasteiger partial charge in [0.05, 0.1) is 14.2 Å². The van der Waals surface area contributed by atoms with Crippen molar-refractivity contribution in [3.05, 3.63) is 97.1 Å². The Hall–Kier alpha value is -2.66. The largest absolute Gasteiger partial charge is 0.496 e. The van der Waals surface area contributed by atoms with Gasteiger partial charge in [0.1, 0.15) is 11.5 Å². The predicted octanol–water partition coefficient (Wildman–Crippen LogP) is 6.74. The van der Waals surface area contributed by atoms with Crippen LogP contribution in [0.5, 0.6) is 11.5 Å². The first-order chi connectivity index (χ1) is 16.3. The minimum atomic E-state index is 0.813. The summed E-state index contributed by atoms with van der Waals surface area (Å²) in [5.74, 6) is 1.87. The molecule has 2 atom stereocenters. The zero-order valence-electron chi connectivity index (χ0n) is 19.2. The van der Waals surface area contributed by atoms with E-state index < -0.39 is 0 Å². The first-order valence-corrected chi connectivity index (χ1v) is 13.6. The second kappa shape index (κ2) is 12.0. The number of benzene rings is 4. The van der Waals surface area contributed by atoms with E-state index in [2.05, 4.69) is 84.9 Å². The van der Waals surface area contributed by atoms with E-state index in [0.717, 1.165) is 28.7 Å². The van der Waals surface area contributed by atoms with E-state index >= 15 is 0 Å². The molecule has 2 nitrogen and oxygen atoms in total. The predicted molar refractivity (Wildman–Crippen MR) is 147 cm³/mol. The summed E-state index contributed by atoms with van der Waals surface area (Å²) in [5.41, 5.74) is 4.76. The molecule has 4 aromatic rings. The number of hydrogen-bond donors (Lipinski definition) is 0. The fraction of sp³-hybridized carbons (Fsp3) is 0.172. The van der Waals surface area contributed by atoms with Gasteiger partial charge in [0, 0.05) is 11.1 Å². The van der Waals surface area contributed by atoms with Crippen LogP contribution in [0.25, 0.3) is 22.3 Å². The van der Waals surface area contributed by atoms with E-state index in [-0.39, 0.29) is 0 Å². The van der Waals surface area contributed by atoms with Crippen LogP contribution in [0, 0.1) is 0 Å². The molecule has 0 amide bonds. The van der Waals surface area contributed by atoms with Gasteiger partial charge in [0.15, 0.2) is 0 Å². The Morgan fingerprint density at radius 1 is 0.545 bits per heavy atom. The fourth-order valence-electron chi connectivity index (χ4n) is 3.88. The number of rotatable bonds is 10. The van der Waals surface area contributed by atoms with E-state index in [1.807, 2.05) is 12.1 Å². The molecule has 0 saturated carbocycles. The molecule has 4 heteroatoms. The number of hydrogen-bond acceptors (Lipinski definition) is 2. The first-order valence-electron chi connectivity index (χ1n) is 11.2. The van der Waals surface area contributed by atoms with Crippen molar-refractivity contribution in [2.75, 3.05) is 26.5 Å². The van der Waals surface area contributed by atoms with Crippen LogP contribution in [0.4, 0.5) is 0 Å². The van der Waals surface area contributed by atoms with E-state index in [1.165, 1.54) is 51.6 Å². The van der Waals surface area contributed by atoms with E-state index in [0.29, 0.717) is 0 Å². The maximum Gasteiger partial charge on any atom is 0.126 e. The van der Waals surface area contributed by atoms with Crippen LogP contribution in [0.2, 0.25) is 0 Å². The Morgan fingerprint density at radius 3 is 1.36 bits per heavy atom. The molecular weight excluding hydrogens is 442 g/mol. The Balaban J connectivity index is 1.34. The van der Waals surface area contributed by atoms with Gasteiger partial charge in [-0.2, -0.15) is 0 Å². The third-order valence-corrected chi connectivity index (χ3v) is 8.23. The second-order valence-electron chi connectivity index (χ2n) is 7.77. The van der Waals surface area contributed by atoms with Crippen LogP contribution in [0.1, 0.15) is 6.42 Å².